The lowest BCUT2D eigenvalue weighted by molar-refractivity contribution is 0.669. The maximum Gasteiger partial charge on any atom is 0.220 e. The Hall–Kier alpha value is -9.27. The van der Waals surface area contributed by atoms with E-state index in [0.717, 1.165) is 114 Å². The van der Waals surface area contributed by atoms with Crippen molar-refractivity contribution in [2.75, 3.05) is 0 Å². The molecule has 0 bridgehead atoms. The number of para-hydroxylation sites is 1. The summed E-state index contributed by atoms with van der Waals surface area (Å²) in [6.07, 6.45) is 1.86. The SMILES string of the molecule is [C-]#[N+]c1c(-c2ccccc2)c(C#N)c(-n2c3cc4c(cc3c3ccc5c6ccccc6sc5c32)oc2ccccc24)c(-c2ccccc2)c1-n1c2cccc3c4cccnc4c4cccc1c4c32. The van der Waals surface area contributed by atoms with Gasteiger partial charge in [0.25, 0.3) is 0 Å². The van der Waals surface area contributed by atoms with Gasteiger partial charge in [0.1, 0.15) is 17.2 Å². The molecule has 0 radical (unpaired) electrons. The number of rotatable bonds is 4. The van der Waals surface area contributed by atoms with Gasteiger partial charge in [0, 0.05) is 75.9 Å². The molecular weight excluding hydrogens is 851 g/mol. The van der Waals surface area contributed by atoms with Crippen LogP contribution in [0.15, 0.2) is 193 Å². The molecule has 312 valence electrons. The highest BCUT2D eigenvalue weighted by molar-refractivity contribution is 7.26. The van der Waals surface area contributed by atoms with Crippen LogP contribution in [0.4, 0.5) is 5.69 Å². The summed E-state index contributed by atoms with van der Waals surface area (Å²) in [5.41, 5.74) is 11.7. The topological polar surface area (TPSA) is 64.0 Å². The van der Waals surface area contributed by atoms with Crippen molar-refractivity contribution in [3.05, 3.63) is 205 Å². The fraction of sp³-hybridized carbons (Fsp3) is 0. The molecule has 0 amide bonds. The van der Waals surface area contributed by atoms with Crippen LogP contribution in [-0.2, 0) is 0 Å². The highest BCUT2D eigenvalue weighted by atomic mass is 32.1. The molecule has 0 atom stereocenters. The number of furan rings is 1. The third-order valence-electron chi connectivity index (χ3n) is 14.2. The molecule has 0 aliphatic heterocycles. The number of benzene rings is 10. The van der Waals surface area contributed by atoms with E-state index >= 15 is 0 Å². The second-order valence-corrected chi connectivity index (χ2v) is 18.5. The van der Waals surface area contributed by atoms with Crippen molar-refractivity contribution in [3.8, 4) is 39.7 Å². The van der Waals surface area contributed by atoms with E-state index in [4.69, 9.17) is 9.40 Å². The largest absolute Gasteiger partial charge is 0.456 e. The number of hydrogen-bond donors (Lipinski definition) is 0. The highest BCUT2D eigenvalue weighted by Gasteiger charge is 2.33. The van der Waals surface area contributed by atoms with Crippen molar-refractivity contribution >= 4 is 124 Å². The zero-order valence-electron chi connectivity index (χ0n) is 36.0. The van der Waals surface area contributed by atoms with E-state index in [1.165, 1.54) is 10.1 Å². The summed E-state index contributed by atoms with van der Waals surface area (Å²) in [5.74, 6) is 0. The van der Waals surface area contributed by atoms with Crippen molar-refractivity contribution < 1.29 is 4.42 Å². The number of aromatic nitrogens is 3. The van der Waals surface area contributed by atoms with Gasteiger partial charge in [0.2, 0.25) is 5.69 Å². The lowest BCUT2D eigenvalue weighted by atomic mass is 9.88. The van der Waals surface area contributed by atoms with Gasteiger partial charge in [-0.2, -0.15) is 5.26 Å². The van der Waals surface area contributed by atoms with E-state index < -0.39 is 0 Å². The minimum absolute atomic E-state index is 0.399. The van der Waals surface area contributed by atoms with Crippen LogP contribution in [0.5, 0.6) is 0 Å². The van der Waals surface area contributed by atoms with E-state index in [-0.39, 0.29) is 0 Å². The fourth-order valence-corrected chi connectivity index (χ4v) is 12.7. The number of hydrogen-bond acceptors (Lipinski definition) is 4. The predicted octanol–water partition coefficient (Wildman–Crippen LogP) is 17.0. The van der Waals surface area contributed by atoms with Gasteiger partial charge < -0.3 is 13.6 Å². The van der Waals surface area contributed by atoms with Gasteiger partial charge in [-0.05, 0) is 59.0 Å². The Balaban J connectivity index is 1.25. The third kappa shape index (κ3) is 4.74. The van der Waals surface area contributed by atoms with E-state index in [0.29, 0.717) is 28.2 Å². The van der Waals surface area contributed by atoms with Crippen LogP contribution in [0.25, 0.3) is 146 Å². The van der Waals surface area contributed by atoms with E-state index in [9.17, 15) is 11.8 Å². The first-order chi connectivity index (χ1) is 33.7. The van der Waals surface area contributed by atoms with Crippen LogP contribution in [0.2, 0.25) is 0 Å². The Morgan fingerprint density at radius 2 is 1.18 bits per heavy atom. The summed E-state index contributed by atoms with van der Waals surface area (Å²) < 4.78 is 13.6. The van der Waals surface area contributed by atoms with E-state index in [2.05, 4.69) is 135 Å². The first kappa shape index (κ1) is 37.0. The summed E-state index contributed by atoms with van der Waals surface area (Å²) in [7, 11) is 0. The van der Waals surface area contributed by atoms with Crippen molar-refractivity contribution in [1.82, 2.24) is 14.1 Å². The molecule has 6 nitrogen and oxygen atoms in total. The number of nitriles is 1. The average molecular weight is 882 g/mol. The molecule has 0 aliphatic rings. The molecule has 5 heterocycles. The molecule has 10 aromatic carbocycles. The van der Waals surface area contributed by atoms with Gasteiger partial charge in [-0.25, -0.2) is 4.85 Å². The van der Waals surface area contributed by atoms with E-state index in [1.807, 2.05) is 72.9 Å². The number of thiophene rings is 1. The summed E-state index contributed by atoms with van der Waals surface area (Å²) in [6.45, 7) is 9.33. The Bertz CT molecular complexity index is 4660. The normalized spacial score (nSPS) is 12.1. The molecule has 15 aromatic rings. The van der Waals surface area contributed by atoms with Crippen LogP contribution >= 0.6 is 11.3 Å². The number of pyridine rings is 1. The van der Waals surface area contributed by atoms with E-state index in [1.54, 1.807) is 11.3 Å². The average Bonchev–Trinajstić information content (AvgIpc) is 4.15. The minimum atomic E-state index is 0.399. The molecule has 0 unspecified atom stereocenters. The Labute approximate surface area is 391 Å². The van der Waals surface area contributed by atoms with Crippen LogP contribution in [0.3, 0.4) is 0 Å². The molecule has 0 spiro atoms. The molecule has 7 heteroatoms. The van der Waals surface area contributed by atoms with Crippen molar-refractivity contribution in [2.24, 2.45) is 0 Å². The van der Waals surface area contributed by atoms with Crippen molar-refractivity contribution in [3.63, 3.8) is 0 Å². The zero-order chi connectivity index (χ0) is 44.8. The summed E-state index contributed by atoms with van der Waals surface area (Å²) in [6, 6.07) is 65.9. The molecule has 0 N–H and O–H groups in total. The minimum Gasteiger partial charge on any atom is -0.456 e. The molecule has 0 aliphatic carbocycles. The first-order valence-electron chi connectivity index (χ1n) is 22.5. The molecule has 15 rings (SSSR count). The Morgan fingerprint density at radius 1 is 0.515 bits per heavy atom. The Kier molecular flexibility index (Phi) is 7.42. The highest BCUT2D eigenvalue weighted by Crippen LogP contribution is 2.54. The summed E-state index contributed by atoms with van der Waals surface area (Å²) >= 11 is 1.77. The predicted molar refractivity (Wildman–Crippen MR) is 281 cm³/mol. The number of nitrogens with zero attached hydrogens (tertiary/aromatic N) is 5. The van der Waals surface area contributed by atoms with Crippen LogP contribution in [0, 0.1) is 17.9 Å². The van der Waals surface area contributed by atoms with Gasteiger partial charge in [0.05, 0.1) is 55.8 Å². The maximum absolute atomic E-state index is 12.1. The molecule has 68 heavy (non-hydrogen) atoms. The van der Waals surface area contributed by atoms with Crippen molar-refractivity contribution in [2.45, 2.75) is 0 Å². The smallest absolute Gasteiger partial charge is 0.220 e. The summed E-state index contributed by atoms with van der Waals surface area (Å²) in [4.78, 5) is 9.52. The van der Waals surface area contributed by atoms with Crippen LogP contribution < -0.4 is 0 Å². The molecule has 5 aromatic heterocycles. The fourth-order valence-electron chi connectivity index (χ4n) is 11.5. The first-order valence-corrected chi connectivity index (χ1v) is 23.4. The molecule has 0 saturated heterocycles. The Morgan fingerprint density at radius 3 is 1.96 bits per heavy atom. The zero-order valence-corrected chi connectivity index (χ0v) is 36.8. The lowest BCUT2D eigenvalue weighted by Gasteiger charge is -2.26. The lowest BCUT2D eigenvalue weighted by Crippen LogP contribution is -2.08. The van der Waals surface area contributed by atoms with Crippen molar-refractivity contribution in [1.29, 1.82) is 5.26 Å². The van der Waals surface area contributed by atoms with Crippen LogP contribution in [0.1, 0.15) is 5.56 Å². The van der Waals surface area contributed by atoms with Gasteiger partial charge in [0.15, 0.2) is 0 Å². The van der Waals surface area contributed by atoms with Gasteiger partial charge in [-0.15, -0.1) is 11.3 Å². The molecule has 0 saturated carbocycles. The number of fused-ring (bicyclic) bond motifs is 13. The second kappa shape index (κ2) is 13.6. The van der Waals surface area contributed by atoms with Crippen LogP contribution in [-0.4, -0.2) is 14.1 Å². The van der Waals surface area contributed by atoms with Gasteiger partial charge >= 0.3 is 0 Å². The summed E-state index contributed by atoms with van der Waals surface area (Å²) in [5, 5.41) is 23.9. The monoisotopic (exact) mass is 881 g/mol. The van der Waals surface area contributed by atoms with Gasteiger partial charge in [-0.3, -0.25) is 4.98 Å². The second-order valence-electron chi connectivity index (χ2n) is 17.5. The standard InChI is InChI=1S/C61H31N5OS/c1-63-57-52(34-15-4-2-5-16-34)45(33-62)58(53(35-17-6-3-7-18-35)60(57)65-46-24-12-21-38-39-23-14-30-64-56(39)42-22-13-25-47(65)55(42)54(38)46)66-48-31-44-36-19-8-10-26-49(36)67-50(44)32-43(48)40-28-29-41-37-20-9-11-27-51(37)68-61(41)59(40)66/h2-32H. The van der Waals surface area contributed by atoms with Gasteiger partial charge in [-0.1, -0.05) is 140 Å². The quantitative estimate of drug-likeness (QED) is 0.131. The molecule has 0 fully saturated rings. The maximum atomic E-state index is 12.1. The third-order valence-corrected chi connectivity index (χ3v) is 15.4. The molecular formula is C61H31N5OS.